The lowest BCUT2D eigenvalue weighted by atomic mass is 10.3. The van der Waals surface area contributed by atoms with Crippen LogP contribution in [0.4, 0.5) is 5.69 Å². The van der Waals surface area contributed by atoms with Crippen molar-refractivity contribution in [2.45, 2.75) is 97.9 Å². The number of esters is 1. The fraction of sp³-hybridized carbons (Fsp3) is 0.219. The van der Waals surface area contributed by atoms with Gasteiger partial charge in [0.05, 0.1) is 79.5 Å². The van der Waals surface area contributed by atoms with Crippen molar-refractivity contribution in [3.63, 3.8) is 0 Å². The van der Waals surface area contributed by atoms with Crippen molar-refractivity contribution in [3.8, 4) is 34.1 Å². The van der Waals surface area contributed by atoms with E-state index in [2.05, 4.69) is 69.6 Å². The van der Waals surface area contributed by atoms with E-state index in [1.54, 1.807) is 160 Å². The number of halogens is 7. The van der Waals surface area contributed by atoms with Crippen LogP contribution in [0.1, 0.15) is 126 Å². The van der Waals surface area contributed by atoms with Gasteiger partial charge >= 0.3 is 5.97 Å². The minimum absolute atomic E-state index is 0. The van der Waals surface area contributed by atoms with E-state index < -0.39 is 32.7 Å². The monoisotopic (exact) mass is 1670 g/mol. The molecule has 0 aliphatic rings. The lowest BCUT2D eigenvalue weighted by Gasteiger charge is -2.20. The highest BCUT2D eigenvalue weighted by molar-refractivity contribution is 7.85. The molecule has 0 fully saturated rings. The molecule has 578 valence electrons. The maximum atomic E-state index is 12.1. The third kappa shape index (κ3) is 29.2. The Balaban J connectivity index is 0.000000203. The van der Waals surface area contributed by atoms with E-state index >= 15 is 0 Å². The molecule has 1 unspecified atom stereocenters. The van der Waals surface area contributed by atoms with Crippen LogP contribution in [-0.4, -0.2) is 137 Å². The highest BCUT2D eigenvalue weighted by Crippen LogP contribution is 2.21. The van der Waals surface area contributed by atoms with E-state index in [9.17, 15) is 18.0 Å². The second-order valence-corrected chi connectivity index (χ2v) is 31.3. The van der Waals surface area contributed by atoms with Gasteiger partial charge in [0.25, 0.3) is 5.82 Å². The molecule has 6 aromatic heterocycles. The van der Waals surface area contributed by atoms with E-state index in [-0.39, 0.29) is 42.5 Å². The molecule has 0 bridgehead atoms. The minimum Gasteiger partial charge on any atom is -0.460 e. The number of nitrogen functional groups attached to an aromatic ring is 1. The number of aromatic nitrogens is 18. The van der Waals surface area contributed by atoms with Crippen molar-refractivity contribution in [1.82, 2.24) is 93.3 Å². The van der Waals surface area contributed by atoms with Crippen molar-refractivity contribution >= 4 is 127 Å². The Labute approximate surface area is 676 Å². The molecule has 28 nitrogen and oxygen atoms in total. The number of nitrogens with zero attached hydrogens (tertiary/aromatic N) is 19. The first kappa shape index (κ1) is 89.1. The summed E-state index contributed by atoms with van der Waals surface area (Å²) in [6.07, 6.45) is 11.4. The topological polar surface area (TPSA) is 358 Å². The summed E-state index contributed by atoms with van der Waals surface area (Å²) in [6.45, 7) is 17.0. The predicted octanol–water partition coefficient (Wildman–Crippen LogP) is 15.6. The number of aldehydes is 1. The fourth-order valence-electron chi connectivity index (χ4n) is 7.96. The standard InChI is InChI=1S/C14H19ClN4OS.C13H15ClN4OS.C11H10ClN3O2.C10H11ClN4.C9H8ClN3O.C9H6ClN3O.C6H6ClN.CH4/c1-10(18-21(20)14(2,3)4)13-16-9-19(17-13)12-7-5-11(15)6-8-12;1-13(2,3)20(19)16-8-12-15-9-18(17-12)11-6-4-10(14)5-7-11;1-2-17-11(16)10-13-7-15(14-10)9-5-3-8(12)4-6-9;1-7(12)10-13-6-15(14-10)9-4-2-8(11)3-5-9;2*10-7-1-3-8(4-2-7)13-6-11-9(5-14)12-13;7-5-1-3-6(8)4-2-5;/h5-10,18H,1-4H3;4-9H,1-3H3;3-7H,2H2,1H3;2-7H,12H2,1H3;1-4,6,14H,5H2;1-6H;1-4H,8H2;1H4/t10-,21?;20-;;7-;;;;/m00.0..../s1. The van der Waals surface area contributed by atoms with Crippen LogP contribution in [0.15, 0.2) is 212 Å². The van der Waals surface area contributed by atoms with E-state index in [1.165, 1.54) is 28.2 Å². The quantitative estimate of drug-likeness (QED) is 0.0302. The van der Waals surface area contributed by atoms with Crippen LogP contribution < -0.4 is 16.2 Å². The van der Waals surface area contributed by atoms with Crippen LogP contribution in [0.3, 0.4) is 0 Å². The average Bonchev–Trinajstić information content (AvgIpc) is 1.72. The number of hydrogen-bond donors (Lipinski definition) is 4. The molecule has 0 saturated carbocycles. The van der Waals surface area contributed by atoms with Crippen LogP contribution in [0.2, 0.25) is 35.2 Å². The van der Waals surface area contributed by atoms with Gasteiger partial charge in [0.15, 0.2) is 29.6 Å². The Morgan fingerprint density at radius 2 is 0.818 bits per heavy atom. The van der Waals surface area contributed by atoms with Gasteiger partial charge in [-0.3, -0.25) is 4.79 Å². The Bertz CT molecular complexity index is 5010. The lowest BCUT2D eigenvalue weighted by molar-refractivity contribution is 0.0512. The number of aliphatic hydroxyl groups excluding tert-OH is 1. The summed E-state index contributed by atoms with van der Waals surface area (Å²) in [5.74, 6) is 1.73. The van der Waals surface area contributed by atoms with Gasteiger partial charge < -0.3 is 21.3 Å². The number of ether oxygens (including phenoxy) is 1. The maximum Gasteiger partial charge on any atom is 0.378 e. The van der Waals surface area contributed by atoms with Gasteiger partial charge in [-0.15, -0.1) is 30.6 Å². The molecule has 110 heavy (non-hydrogen) atoms. The van der Waals surface area contributed by atoms with Crippen LogP contribution in [-0.2, 0) is 33.3 Å². The smallest absolute Gasteiger partial charge is 0.378 e. The summed E-state index contributed by atoms with van der Waals surface area (Å²) in [7, 11) is -2.48. The number of anilines is 1. The molecule has 6 heterocycles. The third-order valence-electron chi connectivity index (χ3n) is 13.6. The Kier molecular flexibility index (Phi) is 35.3. The molecule has 0 spiro atoms. The molecule has 6 N–H and O–H groups in total. The summed E-state index contributed by atoms with van der Waals surface area (Å²) in [5.41, 5.74) is 16.9. The molecule has 13 rings (SSSR count). The van der Waals surface area contributed by atoms with Crippen molar-refractivity contribution in [2.24, 2.45) is 10.1 Å². The van der Waals surface area contributed by atoms with Gasteiger partial charge in [-0.2, -0.15) is 4.40 Å². The van der Waals surface area contributed by atoms with Crippen LogP contribution in [0.25, 0.3) is 34.1 Å². The van der Waals surface area contributed by atoms with Crippen molar-refractivity contribution in [3.05, 3.63) is 278 Å². The summed E-state index contributed by atoms with van der Waals surface area (Å²) in [6, 6.07) is 50.0. The largest absolute Gasteiger partial charge is 0.460 e. The van der Waals surface area contributed by atoms with Gasteiger partial charge in [0.1, 0.15) is 55.6 Å². The zero-order valence-corrected chi connectivity index (χ0v) is 66.9. The SMILES string of the molecule is C.CC(C)(C)[S@](=O)N=Cc1ncn(-c2ccc(Cl)cc2)n1.CCOC(=O)c1ncn(-c2ccc(Cl)cc2)n1.C[C@H](N)c1ncn(-c2ccc(Cl)cc2)n1.C[C@H](NS(=O)C(C)(C)C)c1ncn(-c2ccc(Cl)cc2)n1.Nc1ccc(Cl)cc1.O=Cc1ncn(-c2ccc(Cl)cc2)n1.OCc1ncn(-c2ccc(Cl)cc2)n1. The van der Waals surface area contributed by atoms with Crippen LogP contribution in [0.5, 0.6) is 0 Å². The number of nitrogens with two attached hydrogens (primary N) is 2. The summed E-state index contributed by atoms with van der Waals surface area (Å²) >= 11 is 40.3. The van der Waals surface area contributed by atoms with Crippen LogP contribution in [0, 0.1) is 0 Å². The zero-order chi connectivity index (χ0) is 79.4. The molecular weight excluding hydrogens is 1590 g/mol. The van der Waals surface area contributed by atoms with Crippen molar-refractivity contribution in [2.75, 3.05) is 12.3 Å². The Morgan fingerprint density at radius 3 is 1.15 bits per heavy atom. The van der Waals surface area contributed by atoms with Crippen LogP contribution >= 0.6 is 81.2 Å². The second kappa shape index (κ2) is 43.6. The number of hydrogen-bond acceptors (Lipinski definition) is 20. The highest BCUT2D eigenvalue weighted by atomic mass is 35.5. The van der Waals surface area contributed by atoms with E-state index in [0.717, 1.165) is 44.8 Å². The fourth-order valence-corrected chi connectivity index (χ4v) is 10.1. The van der Waals surface area contributed by atoms with E-state index in [1.807, 2.05) is 116 Å². The second-order valence-electron chi connectivity index (χ2n) is 24.3. The third-order valence-corrected chi connectivity index (χ3v) is 18.4. The average molecular weight is 1670 g/mol. The maximum absolute atomic E-state index is 12.1. The number of rotatable bonds is 16. The Morgan fingerprint density at radius 1 is 0.491 bits per heavy atom. The number of carbonyl (C=O) groups excluding carboxylic acids is 2. The molecule has 0 radical (unpaired) electrons. The van der Waals surface area contributed by atoms with Crippen molar-refractivity contribution < 1.29 is 27.9 Å². The molecule has 0 aliphatic carbocycles. The van der Waals surface area contributed by atoms with Gasteiger partial charge in [-0.1, -0.05) is 88.6 Å². The first-order valence-corrected chi connectivity index (χ1v) is 37.5. The van der Waals surface area contributed by atoms with Gasteiger partial charge in [-0.05, 0) is 232 Å². The summed E-state index contributed by atoms with van der Waals surface area (Å²) in [5, 5.41) is 38.4. The molecule has 13 aromatic rings. The first-order chi connectivity index (χ1) is 51.9. The van der Waals surface area contributed by atoms with Gasteiger partial charge in [0, 0.05) is 40.8 Å². The predicted molar refractivity (Wildman–Crippen MR) is 436 cm³/mol. The van der Waals surface area contributed by atoms with Gasteiger partial charge in [-0.25, -0.2) is 75.9 Å². The van der Waals surface area contributed by atoms with E-state index in [4.69, 9.17) is 103 Å². The number of benzene rings is 7. The number of carbonyl (C=O) groups is 2. The highest BCUT2D eigenvalue weighted by Gasteiger charge is 2.24. The number of nitrogens with one attached hydrogen (secondary N) is 1. The molecule has 0 amide bonds. The van der Waals surface area contributed by atoms with Crippen molar-refractivity contribution in [1.29, 1.82) is 0 Å². The molecule has 37 heteroatoms. The molecule has 0 saturated heterocycles. The molecule has 7 aromatic carbocycles. The first-order valence-electron chi connectivity index (χ1n) is 32.6. The zero-order valence-electron chi connectivity index (χ0n) is 60.0. The normalized spacial score (nSPS) is 11.9. The lowest BCUT2D eigenvalue weighted by Crippen LogP contribution is -2.35. The minimum atomic E-state index is -1.31. The summed E-state index contributed by atoms with van der Waals surface area (Å²) in [4.78, 5) is 45.8. The molecular formula is C73H79Cl7N22O6S2. The molecule has 4 atom stereocenters. The number of aliphatic hydroxyl groups is 1. The summed E-state index contributed by atoms with van der Waals surface area (Å²) < 4.78 is 44.5. The van der Waals surface area contributed by atoms with E-state index in [0.29, 0.717) is 66.3 Å². The Hall–Kier alpha value is -9.80. The molecule has 0 aliphatic heterocycles. The van der Waals surface area contributed by atoms with Gasteiger partial charge in [0.2, 0.25) is 5.82 Å².